The molecule has 0 aliphatic carbocycles. The lowest BCUT2D eigenvalue weighted by atomic mass is 10.0. The van der Waals surface area contributed by atoms with Crippen LogP contribution in [0, 0.1) is 0 Å². The van der Waals surface area contributed by atoms with E-state index in [1.165, 1.54) is 5.69 Å². The van der Waals surface area contributed by atoms with Crippen LogP contribution in [0.2, 0.25) is 0 Å². The molecule has 0 saturated heterocycles. The van der Waals surface area contributed by atoms with Gasteiger partial charge >= 0.3 is 0 Å². The van der Waals surface area contributed by atoms with E-state index in [2.05, 4.69) is 37.8 Å². The summed E-state index contributed by atoms with van der Waals surface area (Å²) >= 11 is 0. The number of anilines is 1. The Bertz CT molecular complexity index is 290. The second kappa shape index (κ2) is 6.54. The van der Waals surface area contributed by atoms with Crippen LogP contribution in [0.3, 0.4) is 0 Å². The Hall–Kier alpha value is -1.02. The topological polar surface area (TPSA) is 23.5 Å². The first kappa shape index (κ1) is 13.0. The lowest BCUT2D eigenvalue weighted by molar-refractivity contribution is 0.166. The van der Waals surface area contributed by atoms with Gasteiger partial charge in [0.05, 0.1) is 6.10 Å². The monoisotopic (exact) mass is 221 g/mol. The Morgan fingerprint density at radius 2 is 1.62 bits per heavy atom. The van der Waals surface area contributed by atoms with Crippen LogP contribution in [-0.2, 0) is 0 Å². The number of hydrogen-bond acceptors (Lipinski definition) is 2. The number of hydrogen-bond donors (Lipinski definition) is 1. The van der Waals surface area contributed by atoms with Crippen molar-refractivity contribution in [3.8, 4) is 0 Å². The summed E-state index contributed by atoms with van der Waals surface area (Å²) in [5.41, 5.74) is 2.26. The number of aliphatic hydroxyl groups excluding tert-OH is 1. The largest absolute Gasteiger partial charge is 0.388 e. The molecular weight excluding hydrogens is 198 g/mol. The maximum Gasteiger partial charge on any atom is 0.0790 e. The minimum Gasteiger partial charge on any atom is -0.388 e. The minimum absolute atomic E-state index is 0.309. The van der Waals surface area contributed by atoms with Gasteiger partial charge in [0.15, 0.2) is 0 Å². The summed E-state index contributed by atoms with van der Waals surface area (Å²) in [6.45, 7) is 8.45. The van der Waals surface area contributed by atoms with Crippen molar-refractivity contribution < 1.29 is 5.11 Å². The second-order valence-electron chi connectivity index (χ2n) is 4.07. The van der Waals surface area contributed by atoms with Crippen molar-refractivity contribution >= 4 is 5.69 Å². The van der Waals surface area contributed by atoms with Gasteiger partial charge in [-0.05, 0) is 38.0 Å². The van der Waals surface area contributed by atoms with Crippen molar-refractivity contribution in [3.63, 3.8) is 0 Å². The first-order valence-corrected chi connectivity index (χ1v) is 6.25. The Labute approximate surface area is 98.9 Å². The standard InChI is InChI=1S/C14H23NO/c1-4-7-14(16)12-8-10-13(11-9-12)15(5-2)6-3/h8-11,14,16H,4-7H2,1-3H3. The van der Waals surface area contributed by atoms with Crippen LogP contribution < -0.4 is 4.90 Å². The zero-order valence-corrected chi connectivity index (χ0v) is 10.6. The zero-order valence-electron chi connectivity index (χ0n) is 10.6. The van der Waals surface area contributed by atoms with Crippen molar-refractivity contribution in [2.45, 2.75) is 39.7 Å². The Morgan fingerprint density at radius 1 is 1.06 bits per heavy atom. The highest BCUT2D eigenvalue weighted by molar-refractivity contribution is 5.47. The van der Waals surface area contributed by atoms with E-state index in [-0.39, 0.29) is 6.10 Å². The van der Waals surface area contributed by atoms with Gasteiger partial charge in [-0.15, -0.1) is 0 Å². The highest BCUT2D eigenvalue weighted by Crippen LogP contribution is 2.21. The molecule has 0 aliphatic heterocycles. The molecular formula is C14H23NO. The van der Waals surface area contributed by atoms with E-state index in [1.807, 2.05) is 12.1 Å². The molecule has 0 aliphatic rings. The van der Waals surface area contributed by atoms with Crippen molar-refractivity contribution in [1.82, 2.24) is 0 Å². The molecule has 1 atom stereocenters. The Morgan fingerprint density at radius 3 is 2.06 bits per heavy atom. The summed E-state index contributed by atoms with van der Waals surface area (Å²) in [6.07, 6.45) is 1.54. The smallest absolute Gasteiger partial charge is 0.0790 e. The maximum absolute atomic E-state index is 9.85. The van der Waals surface area contributed by atoms with Crippen LogP contribution in [0.1, 0.15) is 45.3 Å². The van der Waals surface area contributed by atoms with Gasteiger partial charge in [0.25, 0.3) is 0 Å². The van der Waals surface area contributed by atoms with E-state index in [4.69, 9.17) is 0 Å². The lowest BCUT2D eigenvalue weighted by Gasteiger charge is -2.21. The maximum atomic E-state index is 9.85. The Balaban J connectivity index is 2.74. The Kier molecular flexibility index (Phi) is 5.33. The average molecular weight is 221 g/mol. The second-order valence-corrected chi connectivity index (χ2v) is 4.07. The van der Waals surface area contributed by atoms with Crippen LogP contribution in [0.4, 0.5) is 5.69 Å². The van der Waals surface area contributed by atoms with Gasteiger partial charge in [-0.1, -0.05) is 25.5 Å². The molecule has 1 N–H and O–H groups in total. The van der Waals surface area contributed by atoms with Gasteiger partial charge in [0, 0.05) is 18.8 Å². The van der Waals surface area contributed by atoms with Gasteiger partial charge in [-0.3, -0.25) is 0 Å². The van der Waals surface area contributed by atoms with E-state index >= 15 is 0 Å². The fraction of sp³-hybridized carbons (Fsp3) is 0.571. The number of aliphatic hydroxyl groups is 1. The molecule has 0 bridgehead atoms. The summed E-state index contributed by atoms with van der Waals surface area (Å²) in [4.78, 5) is 2.30. The molecule has 16 heavy (non-hydrogen) atoms. The van der Waals surface area contributed by atoms with Gasteiger partial charge < -0.3 is 10.0 Å². The highest BCUT2D eigenvalue weighted by atomic mass is 16.3. The van der Waals surface area contributed by atoms with Crippen LogP contribution in [0.15, 0.2) is 24.3 Å². The van der Waals surface area contributed by atoms with Crippen LogP contribution in [-0.4, -0.2) is 18.2 Å². The van der Waals surface area contributed by atoms with E-state index in [9.17, 15) is 5.11 Å². The number of rotatable bonds is 6. The molecule has 2 heteroatoms. The third-order valence-corrected chi connectivity index (χ3v) is 2.97. The quantitative estimate of drug-likeness (QED) is 0.796. The minimum atomic E-state index is -0.309. The normalized spacial score (nSPS) is 12.5. The molecule has 1 aromatic rings. The van der Waals surface area contributed by atoms with Gasteiger partial charge in [0.1, 0.15) is 0 Å². The molecule has 90 valence electrons. The van der Waals surface area contributed by atoms with Crippen molar-refractivity contribution in [2.75, 3.05) is 18.0 Å². The lowest BCUT2D eigenvalue weighted by Crippen LogP contribution is -2.21. The third kappa shape index (κ3) is 3.24. The van der Waals surface area contributed by atoms with E-state index in [0.717, 1.165) is 31.5 Å². The number of nitrogens with zero attached hydrogens (tertiary/aromatic N) is 1. The SMILES string of the molecule is CCCC(O)c1ccc(N(CC)CC)cc1. The van der Waals surface area contributed by atoms with Crippen LogP contribution in [0.5, 0.6) is 0 Å². The van der Waals surface area contributed by atoms with E-state index < -0.39 is 0 Å². The molecule has 0 spiro atoms. The molecule has 2 nitrogen and oxygen atoms in total. The highest BCUT2D eigenvalue weighted by Gasteiger charge is 2.07. The molecule has 0 heterocycles. The van der Waals surface area contributed by atoms with E-state index in [0.29, 0.717) is 0 Å². The summed E-state index contributed by atoms with van der Waals surface area (Å²) < 4.78 is 0. The summed E-state index contributed by atoms with van der Waals surface area (Å²) in [6, 6.07) is 8.27. The van der Waals surface area contributed by atoms with Gasteiger partial charge in [-0.2, -0.15) is 0 Å². The van der Waals surface area contributed by atoms with Gasteiger partial charge in [0.2, 0.25) is 0 Å². The molecule has 1 rings (SSSR count). The first-order valence-electron chi connectivity index (χ1n) is 6.25. The van der Waals surface area contributed by atoms with E-state index in [1.54, 1.807) is 0 Å². The predicted octanol–water partition coefficient (Wildman–Crippen LogP) is 3.37. The molecule has 0 amide bonds. The number of benzene rings is 1. The van der Waals surface area contributed by atoms with Gasteiger partial charge in [-0.25, -0.2) is 0 Å². The third-order valence-electron chi connectivity index (χ3n) is 2.97. The summed E-state index contributed by atoms with van der Waals surface area (Å²) in [7, 11) is 0. The predicted molar refractivity (Wildman–Crippen MR) is 69.9 cm³/mol. The average Bonchev–Trinajstić information content (AvgIpc) is 2.32. The first-order chi connectivity index (χ1) is 7.72. The molecule has 1 unspecified atom stereocenters. The van der Waals surface area contributed by atoms with Crippen molar-refractivity contribution in [2.24, 2.45) is 0 Å². The molecule has 0 fully saturated rings. The zero-order chi connectivity index (χ0) is 12.0. The molecule has 0 saturated carbocycles. The summed E-state index contributed by atoms with van der Waals surface area (Å²) in [5, 5.41) is 9.85. The summed E-state index contributed by atoms with van der Waals surface area (Å²) in [5.74, 6) is 0. The van der Waals surface area contributed by atoms with Crippen molar-refractivity contribution in [1.29, 1.82) is 0 Å². The van der Waals surface area contributed by atoms with Crippen LogP contribution in [0.25, 0.3) is 0 Å². The fourth-order valence-corrected chi connectivity index (χ4v) is 1.94. The van der Waals surface area contributed by atoms with Crippen LogP contribution >= 0.6 is 0 Å². The fourth-order valence-electron chi connectivity index (χ4n) is 1.94. The molecule has 0 radical (unpaired) electrons. The van der Waals surface area contributed by atoms with Crippen molar-refractivity contribution in [3.05, 3.63) is 29.8 Å². The molecule has 0 aromatic heterocycles. The molecule has 1 aromatic carbocycles.